The largest absolute Gasteiger partial charge is 0.386 e. The lowest BCUT2D eigenvalue weighted by Crippen LogP contribution is -2.21. The lowest BCUT2D eigenvalue weighted by Gasteiger charge is -2.27. The van der Waals surface area contributed by atoms with Crippen LogP contribution in [0.3, 0.4) is 0 Å². The minimum Gasteiger partial charge on any atom is -0.386 e. The van der Waals surface area contributed by atoms with Crippen LogP contribution in [0.4, 0.5) is 0 Å². The highest BCUT2D eigenvalue weighted by atomic mass is 16.3. The Bertz CT molecular complexity index is 1850. The SMILES string of the molecule is Cc1nc(C2CCC(/C(N=N)=N/N)CC2)ccc1-n1nc(-c2cccc3nn(CC(O)c4ccccc4)cc23)c(C(C)C)c1C. The molecule has 0 radical (unpaired) electrons. The molecule has 232 valence electrons. The molecule has 4 N–H and O–H groups in total. The van der Waals surface area contributed by atoms with Crippen LogP contribution in [0.25, 0.3) is 27.8 Å². The Balaban J connectivity index is 1.31. The molecule has 1 atom stereocenters. The van der Waals surface area contributed by atoms with Gasteiger partial charge in [0.25, 0.3) is 0 Å². The van der Waals surface area contributed by atoms with E-state index < -0.39 is 6.10 Å². The fraction of sp³-hybridized carbons (Fsp3) is 0.371. The normalized spacial score (nSPS) is 18.0. The number of aliphatic hydroxyl groups excluding tert-OH is 1. The Hall–Kier alpha value is -4.70. The summed E-state index contributed by atoms with van der Waals surface area (Å²) in [5.74, 6) is 6.63. The maximum Gasteiger partial charge on any atom is 0.172 e. The molecule has 3 aromatic heterocycles. The van der Waals surface area contributed by atoms with Gasteiger partial charge in [-0.1, -0.05) is 56.3 Å². The number of aromatic nitrogens is 5. The molecule has 10 nitrogen and oxygen atoms in total. The summed E-state index contributed by atoms with van der Waals surface area (Å²) in [5, 5.41) is 29.1. The van der Waals surface area contributed by atoms with Crippen molar-refractivity contribution in [1.29, 1.82) is 5.53 Å². The van der Waals surface area contributed by atoms with Crippen molar-refractivity contribution in [3.63, 3.8) is 0 Å². The lowest BCUT2D eigenvalue weighted by molar-refractivity contribution is 0.152. The molecule has 1 aliphatic rings. The van der Waals surface area contributed by atoms with E-state index in [1.807, 2.05) is 58.0 Å². The van der Waals surface area contributed by atoms with Crippen molar-refractivity contribution in [3.05, 3.63) is 95.1 Å². The molecule has 0 aliphatic heterocycles. The number of hydrazone groups is 1. The van der Waals surface area contributed by atoms with Gasteiger partial charge in [-0.15, -0.1) is 5.11 Å². The average Bonchev–Trinajstić information content (AvgIpc) is 3.62. The monoisotopic (exact) mass is 603 g/mol. The summed E-state index contributed by atoms with van der Waals surface area (Å²) in [6.45, 7) is 8.96. The third kappa shape index (κ3) is 5.90. The van der Waals surface area contributed by atoms with Gasteiger partial charge in [-0.25, -0.2) is 10.2 Å². The number of amidine groups is 1. The minimum absolute atomic E-state index is 0.147. The van der Waals surface area contributed by atoms with Crippen LogP contribution in [-0.2, 0) is 6.54 Å². The van der Waals surface area contributed by atoms with Crippen molar-refractivity contribution in [3.8, 4) is 16.9 Å². The second-order valence-electron chi connectivity index (χ2n) is 12.4. The van der Waals surface area contributed by atoms with E-state index in [9.17, 15) is 5.11 Å². The molecule has 10 heteroatoms. The van der Waals surface area contributed by atoms with E-state index in [4.69, 9.17) is 26.6 Å². The predicted molar refractivity (Wildman–Crippen MR) is 177 cm³/mol. The van der Waals surface area contributed by atoms with E-state index in [2.05, 4.69) is 56.1 Å². The highest BCUT2D eigenvalue weighted by molar-refractivity contribution is 5.94. The van der Waals surface area contributed by atoms with Crippen LogP contribution < -0.4 is 5.84 Å². The van der Waals surface area contributed by atoms with Crippen molar-refractivity contribution < 1.29 is 5.11 Å². The van der Waals surface area contributed by atoms with Crippen LogP contribution in [0.1, 0.15) is 85.7 Å². The molecule has 0 spiro atoms. The van der Waals surface area contributed by atoms with Gasteiger partial charge in [0.2, 0.25) is 0 Å². The molecule has 0 bridgehead atoms. The third-order valence-electron chi connectivity index (χ3n) is 9.20. The van der Waals surface area contributed by atoms with E-state index >= 15 is 0 Å². The number of aryl methyl sites for hydroxylation is 1. The zero-order chi connectivity index (χ0) is 31.7. The van der Waals surface area contributed by atoms with Crippen LogP contribution >= 0.6 is 0 Å². The minimum atomic E-state index is -0.652. The van der Waals surface area contributed by atoms with Gasteiger partial charge in [-0.3, -0.25) is 9.67 Å². The first kappa shape index (κ1) is 30.3. The number of rotatable bonds is 8. The summed E-state index contributed by atoms with van der Waals surface area (Å²) < 4.78 is 3.87. The second-order valence-corrected chi connectivity index (χ2v) is 12.4. The Morgan fingerprint density at radius 3 is 2.42 bits per heavy atom. The molecule has 1 fully saturated rings. The van der Waals surface area contributed by atoms with Crippen molar-refractivity contribution in [2.24, 2.45) is 22.0 Å². The Morgan fingerprint density at radius 2 is 1.76 bits per heavy atom. The third-order valence-corrected chi connectivity index (χ3v) is 9.20. The van der Waals surface area contributed by atoms with Gasteiger partial charge in [0.15, 0.2) is 5.84 Å². The van der Waals surface area contributed by atoms with Gasteiger partial charge in [-0.05, 0) is 69.2 Å². The van der Waals surface area contributed by atoms with Gasteiger partial charge in [-0.2, -0.15) is 15.3 Å². The highest BCUT2D eigenvalue weighted by Crippen LogP contribution is 2.38. The zero-order valence-corrected chi connectivity index (χ0v) is 26.4. The number of hydrogen-bond donors (Lipinski definition) is 3. The van der Waals surface area contributed by atoms with Gasteiger partial charge in [0.1, 0.15) is 0 Å². The Kier molecular flexibility index (Phi) is 8.58. The molecule has 3 heterocycles. The van der Waals surface area contributed by atoms with Crippen LogP contribution in [0, 0.1) is 25.3 Å². The molecule has 2 aromatic carbocycles. The molecule has 1 unspecified atom stereocenters. The molecular formula is C35H41N9O. The molecule has 45 heavy (non-hydrogen) atoms. The Morgan fingerprint density at radius 1 is 1.00 bits per heavy atom. The Labute approximate surface area is 263 Å². The number of benzene rings is 2. The fourth-order valence-corrected chi connectivity index (χ4v) is 6.89. The molecule has 0 saturated heterocycles. The molecule has 0 amide bonds. The summed E-state index contributed by atoms with van der Waals surface area (Å²) in [6, 6.07) is 20.1. The van der Waals surface area contributed by atoms with E-state index in [1.54, 1.807) is 0 Å². The molecular weight excluding hydrogens is 562 g/mol. The fourth-order valence-electron chi connectivity index (χ4n) is 6.89. The number of nitrogens with zero attached hydrogens (tertiary/aromatic N) is 7. The number of nitrogens with one attached hydrogen (secondary N) is 1. The van der Waals surface area contributed by atoms with E-state index in [0.717, 1.165) is 76.2 Å². The zero-order valence-electron chi connectivity index (χ0n) is 26.4. The van der Waals surface area contributed by atoms with Crippen LogP contribution in [0.5, 0.6) is 0 Å². The summed E-state index contributed by atoms with van der Waals surface area (Å²) >= 11 is 0. The van der Waals surface area contributed by atoms with Crippen LogP contribution in [-0.4, -0.2) is 35.5 Å². The smallest absolute Gasteiger partial charge is 0.172 e. The van der Waals surface area contributed by atoms with Gasteiger partial charge in [0.05, 0.1) is 35.2 Å². The second kappa shape index (κ2) is 12.7. The quantitative estimate of drug-likeness (QED) is 0.0559. The topological polar surface area (TPSA) is 143 Å². The summed E-state index contributed by atoms with van der Waals surface area (Å²) in [5.41, 5.74) is 16.3. The molecule has 6 rings (SSSR count). The van der Waals surface area contributed by atoms with Gasteiger partial charge < -0.3 is 10.9 Å². The van der Waals surface area contributed by atoms with E-state index in [1.165, 1.54) is 5.56 Å². The summed E-state index contributed by atoms with van der Waals surface area (Å²) in [7, 11) is 0. The van der Waals surface area contributed by atoms with E-state index in [-0.39, 0.29) is 11.8 Å². The number of fused-ring (bicyclic) bond motifs is 1. The summed E-state index contributed by atoms with van der Waals surface area (Å²) in [6.07, 6.45) is 5.10. The first-order valence-corrected chi connectivity index (χ1v) is 15.7. The number of pyridine rings is 1. The van der Waals surface area contributed by atoms with Crippen LogP contribution in [0.2, 0.25) is 0 Å². The average molecular weight is 604 g/mol. The van der Waals surface area contributed by atoms with Crippen molar-refractivity contribution in [2.45, 2.75) is 77.9 Å². The number of hydrogen-bond acceptors (Lipinski definition) is 7. The molecule has 1 aliphatic carbocycles. The maximum absolute atomic E-state index is 10.8. The van der Waals surface area contributed by atoms with Crippen molar-refractivity contribution in [1.82, 2.24) is 24.5 Å². The standard InChI is InChI=1S/C35H41N9O/c1-21(2)33-23(4)44(31-18-17-29(38-22(31)3)24-13-15-26(16-14-24)35(39-36)40-37)42-34(33)27-11-8-12-30-28(27)19-43(41-30)20-32(45)25-9-6-5-7-10-25/h5-12,17-19,21,24,26,32,36,45H,13-16,20,37H2,1-4H3/b39-36?,40-35-. The number of aliphatic hydroxyl groups is 1. The first-order chi connectivity index (χ1) is 21.8. The van der Waals surface area contributed by atoms with E-state index in [0.29, 0.717) is 18.3 Å². The van der Waals surface area contributed by atoms with Crippen molar-refractivity contribution in [2.75, 3.05) is 0 Å². The molecule has 1 saturated carbocycles. The molecule has 5 aromatic rings. The predicted octanol–water partition coefficient (Wildman–Crippen LogP) is 7.33. The van der Waals surface area contributed by atoms with Gasteiger partial charge in [0, 0.05) is 45.9 Å². The lowest BCUT2D eigenvalue weighted by atomic mass is 9.80. The summed E-state index contributed by atoms with van der Waals surface area (Å²) in [4.78, 5) is 5.07. The van der Waals surface area contributed by atoms with Crippen molar-refractivity contribution >= 4 is 16.7 Å². The van der Waals surface area contributed by atoms with Crippen LogP contribution in [0.15, 0.2) is 77.1 Å². The number of nitrogens with two attached hydrogens (primary N) is 1. The first-order valence-electron chi connectivity index (χ1n) is 15.7. The highest BCUT2D eigenvalue weighted by Gasteiger charge is 2.28. The maximum atomic E-state index is 10.8. The van der Waals surface area contributed by atoms with Gasteiger partial charge >= 0.3 is 0 Å².